The predicted molar refractivity (Wildman–Crippen MR) is 59.7 cm³/mol. The molecule has 1 saturated heterocycles. The highest BCUT2D eigenvalue weighted by Gasteiger charge is 2.14. The number of amides is 1. The molecule has 0 spiro atoms. The smallest absolute Gasteiger partial charge is 0.222 e. The van der Waals surface area contributed by atoms with Crippen LogP contribution >= 0.6 is 0 Å². The third-order valence-electron chi connectivity index (χ3n) is 2.44. The van der Waals surface area contributed by atoms with E-state index in [0.717, 1.165) is 25.9 Å². The summed E-state index contributed by atoms with van der Waals surface area (Å²) < 4.78 is 5.33. The Bertz CT molecular complexity index is 189. The number of rotatable bonds is 5. The van der Waals surface area contributed by atoms with Gasteiger partial charge in [0.25, 0.3) is 0 Å². The zero-order valence-corrected chi connectivity index (χ0v) is 9.71. The van der Waals surface area contributed by atoms with Crippen molar-refractivity contribution < 1.29 is 9.53 Å². The molecule has 1 aliphatic rings. The van der Waals surface area contributed by atoms with Crippen LogP contribution in [0.5, 0.6) is 0 Å². The molecule has 0 aliphatic carbocycles. The number of hydrogen-bond donors (Lipinski definition) is 2. The van der Waals surface area contributed by atoms with Gasteiger partial charge in [0, 0.05) is 19.0 Å². The average molecular weight is 214 g/mol. The van der Waals surface area contributed by atoms with Crippen LogP contribution in [0.2, 0.25) is 0 Å². The molecule has 0 unspecified atom stereocenters. The molecular formula is C11H22N2O2. The van der Waals surface area contributed by atoms with Gasteiger partial charge in [0.05, 0.1) is 12.7 Å². The van der Waals surface area contributed by atoms with Crippen LogP contribution in [0, 0.1) is 0 Å². The fourth-order valence-corrected chi connectivity index (χ4v) is 1.66. The van der Waals surface area contributed by atoms with Crippen molar-refractivity contribution in [3.05, 3.63) is 0 Å². The van der Waals surface area contributed by atoms with E-state index in [2.05, 4.69) is 10.6 Å². The lowest BCUT2D eigenvalue weighted by atomic mass is 10.1. The number of nitrogens with one attached hydrogen (secondary N) is 2. The SMILES string of the molecule is CC(C)OCCC(=O)N[C@@H]1CCCNC1. The van der Waals surface area contributed by atoms with E-state index in [9.17, 15) is 4.79 Å². The minimum Gasteiger partial charge on any atom is -0.378 e. The average Bonchev–Trinajstić information content (AvgIpc) is 2.18. The summed E-state index contributed by atoms with van der Waals surface area (Å²) in [6.45, 7) is 6.44. The number of piperidine rings is 1. The highest BCUT2D eigenvalue weighted by Crippen LogP contribution is 2.01. The van der Waals surface area contributed by atoms with Gasteiger partial charge in [-0.25, -0.2) is 0 Å². The van der Waals surface area contributed by atoms with Gasteiger partial charge in [-0.2, -0.15) is 0 Å². The predicted octanol–water partition coefficient (Wildman–Crippen LogP) is 0.670. The Kier molecular flexibility index (Phi) is 5.65. The molecule has 4 heteroatoms. The van der Waals surface area contributed by atoms with Gasteiger partial charge in [0.2, 0.25) is 5.91 Å². The lowest BCUT2D eigenvalue weighted by Gasteiger charge is -2.23. The molecule has 0 aromatic rings. The van der Waals surface area contributed by atoms with E-state index < -0.39 is 0 Å². The fraction of sp³-hybridized carbons (Fsp3) is 0.909. The standard InChI is InChI=1S/C11H22N2O2/c1-9(2)15-7-5-11(14)13-10-4-3-6-12-8-10/h9-10,12H,3-8H2,1-2H3,(H,13,14)/t10-/m1/s1. The minimum atomic E-state index is 0.101. The van der Waals surface area contributed by atoms with Gasteiger partial charge in [-0.3, -0.25) is 4.79 Å². The van der Waals surface area contributed by atoms with Gasteiger partial charge < -0.3 is 15.4 Å². The second-order valence-corrected chi connectivity index (χ2v) is 4.28. The number of carbonyl (C=O) groups is 1. The molecule has 1 atom stereocenters. The molecule has 15 heavy (non-hydrogen) atoms. The van der Waals surface area contributed by atoms with Crippen LogP contribution in [0.15, 0.2) is 0 Å². The van der Waals surface area contributed by atoms with E-state index in [4.69, 9.17) is 4.74 Å². The molecular weight excluding hydrogens is 192 g/mol. The molecule has 1 fully saturated rings. The first-order chi connectivity index (χ1) is 7.18. The molecule has 1 heterocycles. The van der Waals surface area contributed by atoms with Crippen LogP contribution in [0.4, 0.5) is 0 Å². The van der Waals surface area contributed by atoms with Gasteiger partial charge in [0.15, 0.2) is 0 Å². The molecule has 1 aliphatic heterocycles. The minimum absolute atomic E-state index is 0.101. The molecule has 2 N–H and O–H groups in total. The Hall–Kier alpha value is -0.610. The Labute approximate surface area is 91.8 Å². The van der Waals surface area contributed by atoms with Gasteiger partial charge >= 0.3 is 0 Å². The Morgan fingerprint density at radius 2 is 2.40 bits per heavy atom. The molecule has 1 amide bonds. The van der Waals surface area contributed by atoms with Gasteiger partial charge in [-0.15, -0.1) is 0 Å². The molecule has 0 bridgehead atoms. The van der Waals surface area contributed by atoms with E-state index >= 15 is 0 Å². The first-order valence-corrected chi connectivity index (χ1v) is 5.80. The topological polar surface area (TPSA) is 50.4 Å². The van der Waals surface area contributed by atoms with Gasteiger partial charge in [-0.05, 0) is 33.2 Å². The van der Waals surface area contributed by atoms with Gasteiger partial charge in [-0.1, -0.05) is 0 Å². The van der Waals surface area contributed by atoms with Crippen molar-refractivity contribution in [3.8, 4) is 0 Å². The van der Waals surface area contributed by atoms with Crippen molar-refractivity contribution in [1.82, 2.24) is 10.6 Å². The van der Waals surface area contributed by atoms with Crippen molar-refractivity contribution >= 4 is 5.91 Å². The summed E-state index contributed by atoms with van der Waals surface area (Å²) in [5.41, 5.74) is 0. The van der Waals surface area contributed by atoms with Gasteiger partial charge in [0.1, 0.15) is 0 Å². The number of carbonyl (C=O) groups excluding carboxylic acids is 1. The van der Waals surface area contributed by atoms with Crippen molar-refractivity contribution in [2.75, 3.05) is 19.7 Å². The summed E-state index contributed by atoms with van der Waals surface area (Å²) in [5.74, 6) is 0.101. The third-order valence-corrected chi connectivity index (χ3v) is 2.44. The lowest BCUT2D eigenvalue weighted by Crippen LogP contribution is -2.45. The zero-order chi connectivity index (χ0) is 11.1. The summed E-state index contributed by atoms with van der Waals surface area (Å²) >= 11 is 0. The number of hydrogen-bond acceptors (Lipinski definition) is 3. The first kappa shape index (κ1) is 12.5. The summed E-state index contributed by atoms with van der Waals surface area (Å²) in [6.07, 6.45) is 2.90. The van der Waals surface area contributed by atoms with E-state index in [1.807, 2.05) is 13.8 Å². The van der Waals surface area contributed by atoms with Crippen LogP contribution < -0.4 is 10.6 Å². The third kappa shape index (κ3) is 5.74. The van der Waals surface area contributed by atoms with Crippen molar-refractivity contribution in [2.45, 2.75) is 45.3 Å². The van der Waals surface area contributed by atoms with E-state index in [1.165, 1.54) is 0 Å². The maximum absolute atomic E-state index is 11.5. The first-order valence-electron chi connectivity index (χ1n) is 5.80. The van der Waals surface area contributed by atoms with Crippen LogP contribution in [0.25, 0.3) is 0 Å². The normalized spacial score (nSPS) is 21.7. The van der Waals surface area contributed by atoms with Crippen molar-refractivity contribution in [2.24, 2.45) is 0 Å². The zero-order valence-electron chi connectivity index (χ0n) is 9.71. The van der Waals surface area contributed by atoms with E-state index in [0.29, 0.717) is 19.1 Å². The Morgan fingerprint density at radius 3 is 3.00 bits per heavy atom. The largest absolute Gasteiger partial charge is 0.378 e. The van der Waals surface area contributed by atoms with E-state index in [-0.39, 0.29) is 12.0 Å². The van der Waals surface area contributed by atoms with Crippen molar-refractivity contribution in [1.29, 1.82) is 0 Å². The summed E-state index contributed by atoms with van der Waals surface area (Å²) in [4.78, 5) is 11.5. The Morgan fingerprint density at radius 1 is 1.60 bits per heavy atom. The molecule has 0 aromatic heterocycles. The summed E-state index contributed by atoms with van der Waals surface area (Å²) in [6, 6.07) is 0.310. The summed E-state index contributed by atoms with van der Waals surface area (Å²) in [5, 5.41) is 6.28. The highest BCUT2D eigenvalue weighted by molar-refractivity contribution is 5.76. The molecule has 1 rings (SSSR count). The molecule has 4 nitrogen and oxygen atoms in total. The quantitative estimate of drug-likeness (QED) is 0.707. The molecule has 0 radical (unpaired) electrons. The monoisotopic (exact) mass is 214 g/mol. The maximum Gasteiger partial charge on any atom is 0.222 e. The van der Waals surface area contributed by atoms with Crippen LogP contribution in [0.3, 0.4) is 0 Å². The second kappa shape index (κ2) is 6.80. The maximum atomic E-state index is 11.5. The number of ether oxygens (including phenoxy) is 1. The summed E-state index contributed by atoms with van der Waals surface area (Å²) in [7, 11) is 0. The highest BCUT2D eigenvalue weighted by atomic mass is 16.5. The van der Waals surface area contributed by atoms with Crippen LogP contribution in [-0.2, 0) is 9.53 Å². The van der Waals surface area contributed by atoms with Crippen molar-refractivity contribution in [3.63, 3.8) is 0 Å². The molecule has 88 valence electrons. The lowest BCUT2D eigenvalue weighted by molar-refractivity contribution is -0.123. The van der Waals surface area contributed by atoms with Crippen LogP contribution in [-0.4, -0.2) is 37.7 Å². The Balaban J connectivity index is 2.06. The van der Waals surface area contributed by atoms with Crippen LogP contribution in [0.1, 0.15) is 33.1 Å². The fourth-order valence-electron chi connectivity index (χ4n) is 1.66. The van der Waals surface area contributed by atoms with E-state index in [1.54, 1.807) is 0 Å². The molecule has 0 saturated carbocycles. The molecule has 0 aromatic carbocycles. The second-order valence-electron chi connectivity index (χ2n) is 4.28.